The van der Waals surface area contributed by atoms with Gasteiger partial charge in [0.05, 0.1) is 0 Å². The summed E-state index contributed by atoms with van der Waals surface area (Å²) in [6, 6.07) is 11.4. The Balaban J connectivity index is 2.40. The summed E-state index contributed by atoms with van der Waals surface area (Å²) >= 11 is 0. The van der Waals surface area contributed by atoms with Gasteiger partial charge in [0, 0.05) is 24.7 Å². The van der Waals surface area contributed by atoms with Gasteiger partial charge in [0.1, 0.15) is 0 Å². The Labute approximate surface area is 124 Å². The van der Waals surface area contributed by atoms with Crippen LogP contribution in [0.2, 0.25) is 0 Å². The molecule has 3 nitrogen and oxygen atoms in total. The van der Waals surface area contributed by atoms with Gasteiger partial charge in [-0.1, -0.05) is 36.4 Å². The summed E-state index contributed by atoms with van der Waals surface area (Å²) in [6.45, 7) is 5.32. The van der Waals surface area contributed by atoms with E-state index in [4.69, 9.17) is 0 Å². The molecule has 108 valence electrons. The Morgan fingerprint density at radius 2 is 1.57 bits per heavy atom. The monoisotopic (exact) mass is 281 g/mol. The van der Waals surface area contributed by atoms with Crippen molar-refractivity contribution in [2.75, 3.05) is 13.1 Å². The molecule has 0 N–H and O–H groups in total. The molecule has 3 heteroatoms. The summed E-state index contributed by atoms with van der Waals surface area (Å²) in [4.78, 5) is 24.9. The second-order valence-corrected chi connectivity index (χ2v) is 4.75. The number of carbonyl (C=O) groups excluding carboxylic acids is 2. The van der Waals surface area contributed by atoms with Crippen LogP contribution in [-0.4, -0.2) is 30.2 Å². The number of rotatable bonds is 5. The zero-order valence-electron chi connectivity index (χ0n) is 12.4. The lowest BCUT2D eigenvalue weighted by Gasteiger charge is -2.16. The van der Waals surface area contributed by atoms with Crippen molar-refractivity contribution in [2.24, 2.45) is 0 Å². The highest BCUT2D eigenvalue weighted by Crippen LogP contribution is 2.23. The number of hydrogen-bond acceptors (Lipinski definition) is 2. The van der Waals surface area contributed by atoms with Crippen LogP contribution >= 0.6 is 0 Å². The van der Waals surface area contributed by atoms with Crippen molar-refractivity contribution in [1.82, 2.24) is 4.90 Å². The lowest BCUT2D eigenvalue weighted by atomic mass is 10.00. The van der Waals surface area contributed by atoms with E-state index in [-0.39, 0.29) is 5.91 Å². The number of benzene rings is 2. The predicted molar refractivity (Wildman–Crippen MR) is 86.3 cm³/mol. The van der Waals surface area contributed by atoms with Crippen LogP contribution in [-0.2, 0) is 4.79 Å². The molecular formula is C18H19NO2. The van der Waals surface area contributed by atoms with E-state index in [1.54, 1.807) is 17.0 Å². The third-order valence-electron chi connectivity index (χ3n) is 3.60. The first-order chi connectivity index (χ1) is 10.2. The summed E-state index contributed by atoms with van der Waals surface area (Å²) in [7, 11) is 0. The molecule has 0 radical (unpaired) electrons. The van der Waals surface area contributed by atoms with Gasteiger partial charge in [0.25, 0.3) is 0 Å². The maximum absolute atomic E-state index is 12.0. The largest absolute Gasteiger partial charge is 0.340 e. The second-order valence-electron chi connectivity index (χ2n) is 4.75. The molecule has 0 saturated heterocycles. The fourth-order valence-electron chi connectivity index (χ4n) is 2.40. The van der Waals surface area contributed by atoms with E-state index >= 15 is 0 Å². The first-order valence-electron chi connectivity index (χ1n) is 7.15. The van der Waals surface area contributed by atoms with Gasteiger partial charge in [0.15, 0.2) is 6.29 Å². The summed E-state index contributed by atoms with van der Waals surface area (Å²) < 4.78 is 0. The van der Waals surface area contributed by atoms with Crippen molar-refractivity contribution in [3.63, 3.8) is 0 Å². The van der Waals surface area contributed by atoms with Crippen LogP contribution in [0.4, 0.5) is 0 Å². The quantitative estimate of drug-likeness (QED) is 0.621. The van der Waals surface area contributed by atoms with E-state index in [1.807, 2.05) is 50.3 Å². The van der Waals surface area contributed by atoms with Crippen molar-refractivity contribution in [1.29, 1.82) is 0 Å². The summed E-state index contributed by atoms with van der Waals surface area (Å²) in [5.41, 5.74) is 1.61. The molecule has 0 spiro atoms. The molecule has 0 aliphatic carbocycles. The zero-order valence-corrected chi connectivity index (χ0v) is 12.4. The molecule has 0 saturated carbocycles. The minimum Gasteiger partial charge on any atom is -0.340 e. The number of amides is 1. The SMILES string of the molecule is CCN(CC)C(=O)/C=C/c1ccc(C=O)c2ccccc12. The van der Waals surface area contributed by atoms with Crippen LogP contribution in [0.25, 0.3) is 16.8 Å². The van der Waals surface area contributed by atoms with Crippen molar-refractivity contribution < 1.29 is 9.59 Å². The van der Waals surface area contributed by atoms with Crippen LogP contribution in [0.3, 0.4) is 0 Å². The molecule has 2 rings (SSSR count). The highest BCUT2D eigenvalue weighted by molar-refractivity contribution is 6.03. The Bertz CT molecular complexity index is 685. The first-order valence-corrected chi connectivity index (χ1v) is 7.15. The molecule has 0 heterocycles. The van der Waals surface area contributed by atoms with Crippen LogP contribution in [0.15, 0.2) is 42.5 Å². The Morgan fingerprint density at radius 3 is 2.14 bits per heavy atom. The highest BCUT2D eigenvalue weighted by Gasteiger charge is 2.06. The smallest absolute Gasteiger partial charge is 0.246 e. The van der Waals surface area contributed by atoms with Crippen molar-refractivity contribution in [3.05, 3.63) is 53.6 Å². The van der Waals surface area contributed by atoms with Gasteiger partial charge >= 0.3 is 0 Å². The Kier molecular flexibility index (Phi) is 4.88. The van der Waals surface area contributed by atoms with Gasteiger partial charge < -0.3 is 4.90 Å². The number of hydrogen-bond donors (Lipinski definition) is 0. The molecule has 0 atom stereocenters. The van der Waals surface area contributed by atoms with Crippen molar-refractivity contribution >= 4 is 29.0 Å². The minimum atomic E-state index is 0.00328. The maximum Gasteiger partial charge on any atom is 0.246 e. The fraction of sp³-hybridized carbons (Fsp3) is 0.222. The lowest BCUT2D eigenvalue weighted by Crippen LogP contribution is -2.28. The van der Waals surface area contributed by atoms with Crippen LogP contribution in [0.5, 0.6) is 0 Å². The average molecular weight is 281 g/mol. The van der Waals surface area contributed by atoms with E-state index < -0.39 is 0 Å². The molecule has 0 unspecified atom stereocenters. The molecule has 1 amide bonds. The minimum absolute atomic E-state index is 0.00328. The van der Waals surface area contributed by atoms with Crippen LogP contribution in [0, 0.1) is 0 Å². The third kappa shape index (κ3) is 3.19. The fourth-order valence-corrected chi connectivity index (χ4v) is 2.40. The number of fused-ring (bicyclic) bond motifs is 1. The van der Waals surface area contributed by atoms with Crippen LogP contribution < -0.4 is 0 Å². The lowest BCUT2D eigenvalue weighted by molar-refractivity contribution is -0.125. The molecular weight excluding hydrogens is 262 g/mol. The summed E-state index contributed by atoms with van der Waals surface area (Å²) in [6.07, 6.45) is 4.27. The number of likely N-dealkylation sites (N-methyl/N-ethyl adjacent to an activating group) is 1. The van der Waals surface area contributed by atoms with Crippen LogP contribution in [0.1, 0.15) is 29.8 Å². The normalized spacial score (nSPS) is 11.0. The molecule has 0 bridgehead atoms. The van der Waals surface area contributed by atoms with Gasteiger partial charge in [0.2, 0.25) is 5.91 Å². The number of nitrogens with zero attached hydrogens (tertiary/aromatic N) is 1. The second kappa shape index (κ2) is 6.84. The van der Waals surface area contributed by atoms with Gasteiger partial charge in [-0.2, -0.15) is 0 Å². The molecule has 0 aliphatic rings. The number of carbonyl (C=O) groups is 2. The first kappa shape index (κ1) is 15.0. The molecule has 0 aromatic heterocycles. The van der Waals surface area contributed by atoms with E-state index in [2.05, 4.69) is 0 Å². The van der Waals surface area contributed by atoms with E-state index in [0.29, 0.717) is 18.7 Å². The van der Waals surface area contributed by atoms with Gasteiger partial charge in [-0.15, -0.1) is 0 Å². The molecule has 0 aliphatic heterocycles. The van der Waals surface area contributed by atoms with Gasteiger partial charge in [-0.05, 0) is 36.3 Å². The van der Waals surface area contributed by atoms with Crippen molar-refractivity contribution in [2.45, 2.75) is 13.8 Å². The van der Waals surface area contributed by atoms with Gasteiger partial charge in [-0.25, -0.2) is 0 Å². The topological polar surface area (TPSA) is 37.4 Å². The van der Waals surface area contributed by atoms with E-state index in [9.17, 15) is 9.59 Å². The summed E-state index contributed by atoms with van der Waals surface area (Å²) in [5.74, 6) is 0.00328. The number of aldehydes is 1. The standard InChI is InChI=1S/C18H19NO2/c1-3-19(4-2)18(21)12-11-14-9-10-15(13-20)17-8-6-5-7-16(14)17/h5-13H,3-4H2,1-2H3/b12-11+. The maximum atomic E-state index is 12.0. The average Bonchev–Trinajstić information content (AvgIpc) is 2.53. The molecule has 2 aromatic rings. The molecule has 21 heavy (non-hydrogen) atoms. The highest BCUT2D eigenvalue weighted by atomic mass is 16.2. The Morgan fingerprint density at radius 1 is 1.00 bits per heavy atom. The molecule has 2 aromatic carbocycles. The van der Waals surface area contributed by atoms with Crippen molar-refractivity contribution in [3.8, 4) is 0 Å². The Hall–Kier alpha value is -2.42. The van der Waals surface area contributed by atoms with E-state index in [1.165, 1.54) is 0 Å². The molecule has 0 fully saturated rings. The predicted octanol–water partition coefficient (Wildman–Crippen LogP) is 3.53. The zero-order chi connectivity index (χ0) is 15.2. The third-order valence-corrected chi connectivity index (χ3v) is 3.60. The van der Waals surface area contributed by atoms with Gasteiger partial charge in [-0.3, -0.25) is 9.59 Å². The van der Waals surface area contributed by atoms with E-state index in [0.717, 1.165) is 22.6 Å². The summed E-state index contributed by atoms with van der Waals surface area (Å²) in [5, 5.41) is 1.88.